The third-order valence-corrected chi connectivity index (χ3v) is 4.34. The number of rotatable bonds is 5. The van der Waals surface area contributed by atoms with Crippen molar-refractivity contribution in [3.05, 3.63) is 0 Å². The van der Waals surface area contributed by atoms with Gasteiger partial charge in [-0.25, -0.2) is 0 Å². The summed E-state index contributed by atoms with van der Waals surface area (Å²) >= 11 is 0. The minimum Gasteiger partial charge on any atom is -0.304 e. The number of piperidine rings is 1. The lowest BCUT2D eigenvalue weighted by Crippen LogP contribution is -2.68. The molecule has 0 saturated carbocycles. The van der Waals surface area contributed by atoms with Gasteiger partial charge in [-0.3, -0.25) is 4.90 Å². The van der Waals surface area contributed by atoms with Crippen molar-refractivity contribution in [2.75, 3.05) is 40.3 Å². The maximum Gasteiger partial charge on any atom is 0.0241 e. The van der Waals surface area contributed by atoms with Crippen LogP contribution in [-0.4, -0.2) is 73.1 Å². The van der Waals surface area contributed by atoms with E-state index in [1.54, 1.807) is 0 Å². The fraction of sp³-hybridized carbons (Fsp3) is 1.00. The zero-order valence-electron chi connectivity index (χ0n) is 11.3. The first-order valence-electron chi connectivity index (χ1n) is 6.72. The predicted octanol–water partition coefficient (Wildman–Crippen LogP) is 1.10. The van der Waals surface area contributed by atoms with Crippen LogP contribution in [0, 0.1) is 0 Å². The standard InChI is InChI=1S/C13H27N3/c1-11(2)15(4)6-5-7-16-12-8-13(16)10-14(3)9-12/h11-13H,5-10H2,1-4H3. The van der Waals surface area contributed by atoms with Crippen molar-refractivity contribution >= 4 is 0 Å². The molecule has 0 aromatic heterocycles. The Bertz CT molecular complexity index is 217. The molecule has 0 N–H and O–H groups in total. The molecule has 3 nitrogen and oxygen atoms in total. The largest absolute Gasteiger partial charge is 0.304 e. The van der Waals surface area contributed by atoms with Gasteiger partial charge in [0.05, 0.1) is 0 Å². The van der Waals surface area contributed by atoms with E-state index >= 15 is 0 Å². The van der Waals surface area contributed by atoms with Crippen LogP contribution in [0.4, 0.5) is 0 Å². The molecule has 3 rings (SSSR count). The number of fused-ring (bicyclic) bond motifs is 2. The van der Waals surface area contributed by atoms with Crippen molar-refractivity contribution in [3.63, 3.8) is 0 Å². The summed E-state index contributed by atoms with van der Waals surface area (Å²) in [7, 11) is 4.48. The van der Waals surface area contributed by atoms with Gasteiger partial charge in [0.15, 0.2) is 0 Å². The number of piperazine rings is 1. The van der Waals surface area contributed by atoms with Crippen LogP contribution in [0.15, 0.2) is 0 Å². The Hall–Kier alpha value is -0.120. The van der Waals surface area contributed by atoms with Gasteiger partial charge in [-0.15, -0.1) is 0 Å². The Morgan fingerprint density at radius 3 is 2.44 bits per heavy atom. The lowest BCUT2D eigenvalue weighted by molar-refractivity contribution is -0.0619. The Kier molecular flexibility index (Phi) is 3.88. The monoisotopic (exact) mass is 225 g/mol. The zero-order chi connectivity index (χ0) is 11.7. The molecule has 3 heterocycles. The normalized spacial score (nSPS) is 31.1. The molecule has 94 valence electrons. The Balaban J connectivity index is 1.65. The van der Waals surface area contributed by atoms with Gasteiger partial charge < -0.3 is 9.80 Å². The number of hydrogen-bond acceptors (Lipinski definition) is 3. The van der Waals surface area contributed by atoms with Gasteiger partial charge in [0, 0.05) is 37.8 Å². The Labute approximate surface area is 100 Å². The average Bonchev–Trinajstić information content (AvgIpc) is 2.23. The summed E-state index contributed by atoms with van der Waals surface area (Å²) in [5.74, 6) is 0. The number of hydrogen-bond donors (Lipinski definition) is 0. The van der Waals surface area contributed by atoms with Crippen molar-refractivity contribution in [1.29, 1.82) is 0 Å². The summed E-state index contributed by atoms with van der Waals surface area (Å²) in [5, 5.41) is 0. The molecule has 0 amide bonds. The summed E-state index contributed by atoms with van der Waals surface area (Å²) < 4.78 is 0. The highest BCUT2D eigenvalue weighted by Gasteiger charge is 2.42. The molecule has 0 aliphatic carbocycles. The fourth-order valence-corrected chi connectivity index (χ4v) is 3.02. The minimum absolute atomic E-state index is 0.682. The molecule has 3 heteroatoms. The smallest absolute Gasteiger partial charge is 0.0241 e. The zero-order valence-corrected chi connectivity index (χ0v) is 11.3. The lowest BCUT2D eigenvalue weighted by Gasteiger charge is -2.56. The van der Waals surface area contributed by atoms with E-state index in [-0.39, 0.29) is 0 Å². The molecule has 2 atom stereocenters. The van der Waals surface area contributed by atoms with Crippen molar-refractivity contribution in [2.24, 2.45) is 0 Å². The molecule has 0 aromatic carbocycles. The van der Waals surface area contributed by atoms with Crippen molar-refractivity contribution in [3.8, 4) is 0 Å². The predicted molar refractivity (Wildman–Crippen MR) is 68.8 cm³/mol. The summed E-state index contributed by atoms with van der Waals surface area (Å²) in [4.78, 5) is 7.66. The molecule has 3 aliphatic rings. The Morgan fingerprint density at radius 1 is 1.25 bits per heavy atom. The highest BCUT2D eigenvalue weighted by atomic mass is 15.3. The summed E-state index contributed by atoms with van der Waals surface area (Å²) in [6.07, 6.45) is 2.77. The molecular formula is C13H27N3. The highest BCUT2D eigenvalue weighted by molar-refractivity contribution is 4.99. The van der Waals surface area contributed by atoms with Crippen LogP contribution in [-0.2, 0) is 0 Å². The van der Waals surface area contributed by atoms with Crippen LogP contribution >= 0.6 is 0 Å². The SMILES string of the molecule is CC(C)N(C)CCCN1C2CC1CN(C)C2. The number of nitrogens with zero attached hydrogens (tertiary/aromatic N) is 3. The van der Waals surface area contributed by atoms with Crippen LogP contribution in [0.5, 0.6) is 0 Å². The van der Waals surface area contributed by atoms with Gasteiger partial charge in [-0.05, 0) is 47.3 Å². The molecule has 3 saturated heterocycles. The maximum atomic E-state index is 2.73. The van der Waals surface area contributed by atoms with E-state index in [0.29, 0.717) is 6.04 Å². The van der Waals surface area contributed by atoms with Gasteiger partial charge in [-0.2, -0.15) is 0 Å². The molecular weight excluding hydrogens is 198 g/mol. The summed E-state index contributed by atoms with van der Waals surface area (Å²) in [5.41, 5.74) is 0. The second kappa shape index (κ2) is 5.03. The van der Waals surface area contributed by atoms with Gasteiger partial charge in [-0.1, -0.05) is 0 Å². The quantitative estimate of drug-likeness (QED) is 0.694. The van der Waals surface area contributed by atoms with Crippen LogP contribution < -0.4 is 0 Å². The van der Waals surface area contributed by atoms with Gasteiger partial charge >= 0.3 is 0 Å². The lowest BCUT2D eigenvalue weighted by atomic mass is 9.87. The van der Waals surface area contributed by atoms with E-state index in [2.05, 4.69) is 42.6 Å². The van der Waals surface area contributed by atoms with Gasteiger partial charge in [0.25, 0.3) is 0 Å². The number of likely N-dealkylation sites (N-methyl/N-ethyl adjacent to an activating group) is 1. The third-order valence-electron chi connectivity index (χ3n) is 4.34. The van der Waals surface area contributed by atoms with E-state index in [1.807, 2.05) is 0 Å². The van der Waals surface area contributed by atoms with E-state index in [0.717, 1.165) is 12.1 Å². The summed E-state index contributed by atoms with van der Waals surface area (Å²) in [6.45, 7) is 9.66. The molecule has 0 aromatic rings. The molecule has 2 unspecified atom stereocenters. The molecule has 3 aliphatic heterocycles. The maximum absolute atomic E-state index is 2.73. The molecule has 3 fully saturated rings. The third kappa shape index (κ3) is 2.58. The first-order valence-corrected chi connectivity index (χ1v) is 6.72. The van der Waals surface area contributed by atoms with E-state index in [1.165, 1.54) is 39.0 Å². The second-order valence-corrected chi connectivity index (χ2v) is 5.93. The second-order valence-electron chi connectivity index (χ2n) is 5.93. The van der Waals surface area contributed by atoms with E-state index in [9.17, 15) is 0 Å². The van der Waals surface area contributed by atoms with Crippen molar-refractivity contribution in [1.82, 2.24) is 14.7 Å². The van der Waals surface area contributed by atoms with Crippen molar-refractivity contribution in [2.45, 2.75) is 44.8 Å². The average molecular weight is 225 g/mol. The summed E-state index contributed by atoms with van der Waals surface area (Å²) in [6, 6.07) is 2.42. The van der Waals surface area contributed by atoms with Crippen molar-refractivity contribution < 1.29 is 0 Å². The van der Waals surface area contributed by atoms with Crippen LogP contribution in [0.25, 0.3) is 0 Å². The van der Waals surface area contributed by atoms with Crippen LogP contribution in [0.3, 0.4) is 0 Å². The topological polar surface area (TPSA) is 9.72 Å². The minimum atomic E-state index is 0.682. The van der Waals surface area contributed by atoms with Crippen LogP contribution in [0.1, 0.15) is 26.7 Å². The molecule has 0 spiro atoms. The molecule has 2 bridgehead atoms. The fourth-order valence-electron chi connectivity index (χ4n) is 3.02. The van der Waals surface area contributed by atoms with E-state index < -0.39 is 0 Å². The van der Waals surface area contributed by atoms with Crippen LogP contribution in [0.2, 0.25) is 0 Å². The van der Waals surface area contributed by atoms with Gasteiger partial charge in [0.1, 0.15) is 0 Å². The highest BCUT2D eigenvalue weighted by Crippen LogP contribution is 2.31. The first-order chi connectivity index (χ1) is 7.58. The van der Waals surface area contributed by atoms with E-state index in [4.69, 9.17) is 0 Å². The first kappa shape index (κ1) is 12.3. The van der Waals surface area contributed by atoms with Gasteiger partial charge in [0.2, 0.25) is 0 Å². The molecule has 0 radical (unpaired) electrons. The Morgan fingerprint density at radius 2 is 1.88 bits per heavy atom. The molecule has 16 heavy (non-hydrogen) atoms.